The molecule has 1 aliphatic rings. The lowest BCUT2D eigenvalue weighted by Crippen LogP contribution is -2.38. The molecule has 1 atom stereocenters. The van der Waals surface area contributed by atoms with Crippen molar-refractivity contribution in [3.05, 3.63) is 95.1 Å². The van der Waals surface area contributed by atoms with Gasteiger partial charge in [-0.2, -0.15) is 0 Å². The lowest BCUT2D eigenvalue weighted by atomic mass is 9.94. The maximum Gasteiger partial charge on any atom is 0.295 e. The van der Waals surface area contributed by atoms with E-state index in [1.807, 2.05) is 30.3 Å². The van der Waals surface area contributed by atoms with E-state index in [2.05, 4.69) is 18.7 Å². The number of hydrogen-bond acceptors (Lipinski definition) is 7. The Bertz CT molecular complexity index is 1350. The Morgan fingerprint density at radius 2 is 1.57 bits per heavy atom. The Balaban J connectivity index is 1.71. The monoisotopic (exact) mass is 544 g/mol. The van der Waals surface area contributed by atoms with Gasteiger partial charge in [-0.05, 0) is 55.1 Å². The van der Waals surface area contributed by atoms with Gasteiger partial charge in [0, 0.05) is 30.3 Å². The average Bonchev–Trinajstić information content (AvgIpc) is 3.25. The van der Waals surface area contributed by atoms with E-state index < -0.39 is 17.7 Å². The molecule has 1 saturated heterocycles. The highest BCUT2D eigenvalue weighted by molar-refractivity contribution is 6.46. The molecule has 8 heteroatoms. The van der Waals surface area contributed by atoms with Crippen LogP contribution in [0.1, 0.15) is 36.6 Å². The third kappa shape index (κ3) is 6.13. The van der Waals surface area contributed by atoms with Crippen molar-refractivity contribution >= 4 is 17.4 Å². The quantitative estimate of drug-likeness (QED) is 0.194. The first kappa shape index (κ1) is 28.7. The number of Topliss-reactive ketones (excluding diaryl/α,β-unsaturated/α-hetero) is 1. The summed E-state index contributed by atoms with van der Waals surface area (Å²) >= 11 is 0. The highest BCUT2D eigenvalue weighted by Crippen LogP contribution is 2.43. The summed E-state index contributed by atoms with van der Waals surface area (Å²) in [5, 5.41) is 11.5. The molecule has 0 saturated carbocycles. The van der Waals surface area contributed by atoms with Crippen LogP contribution in [0.4, 0.5) is 0 Å². The number of methoxy groups -OCH3 is 2. The Labute approximate surface area is 235 Å². The molecule has 1 amide bonds. The van der Waals surface area contributed by atoms with Gasteiger partial charge in [-0.15, -0.1) is 0 Å². The Morgan fingerprint density at radius 3 is 2.20 bits per heavy atom. The molecule has 1 aliphatic heterocycles. The minimum Gasteiger partial charge on any atom is -0.507 e. The van der Waals surface area contributed by atoms with Crippen LogP contribution in [0.25, 0.3) is 5.76 Å². The molecule has 0 radical (unpaired) electrons. The molecule has 1 N–H and O–H groups in total. The number of amides is 1. The molecule has 0 bridgehead atoms. The van der Waals surface area contributed by atoms with Crippen molar-refractivity contribution in [3.8, 4) is 17.2 Å². The van der Waals surface area contributed by atoms with Gasteiger partial charge in [0.1, 0.15) is 29.6 Å². The van der Waals surface area contributed by atoms with Gasteiger partial charge < -0.3 is 29.1 Å². The Kier molecular flexibility index (Phi) is 9.45. The first-order valence-electron chi connectivity index (χ1n) is 13.4. The molecule has 1 unspecified atom stereocenters. The van der Waals surface area contributed by atoms with Gasteiger partial charge in [0.05, 0.1) is 25.8 Å². The number of carbonyl (C=O) groups is 2. The zero-order valence-corrected chi connectivity index (χ0v) is 23.4. The third-order valence-corrected chi connectivity index (χ3v) is 7.20. The normalized spacial score (nSPS) is 16.4. The fourth-order valence-corrected chi connectivity index (χ4v) is 4.87. The highest BCUT2D eigenvalue weighted by atomic mass is 16.5. The maximum atomic E-state index is 13.4. The second-order valence-corrected chi connectivity index (χ2v) is 9.43. The Hall–Kier alpha value is -4.30. The number of aliphatic hydroxyl groups is 1. The number of rotatable bonds is 12. The van der Waals surface area contributed by atoms with Crippen molar-refractivity contribution < 1.29 is 28.9 Å². The summed E-state index contributed by atoms with van der Waals surface area (Å²) in [5.74, 6) is 0.0137. The molecule has 0 aromatic heterocycles. The molecule has 1 fully saturated rings. The molecule has 0 spiro atoms. The standard InChI is InChI=1S/C32H36N2O6/c1-5-33(6-2)18-19-34-29(26-17-16-25(38-3)20-27(26)39-4)28(31(36)32(34)37)30(35)23-12-14-24(15-13-23)40-21-22-10-8-7-9-11-22/h7-17,20,29,35H,5-6,18-19,21H2,1-4H3/b30-28+. The summed E-state index contributed by atoms with van der Waals surface area (Å²) in [7, 11) is 3.08. The SMILES string of the molecule is CCN(CC)CCN1C(=O)C(=O)/C(=C(/O)c2ccc(OCc3ccccc3)cc2)C1c1ccc(OC)cc1OC. The molecule has 40 heavy (non-hydrogen) atoms. The molecule has 0 aliphatic carbocycles. The van der Waals surface area contributed by atoms with E-state index in [1.165, 1.54) is 12.0 Å². The molecular formula is C32H36N2O6. The number of nitrogens with zero attached hydrogens (tertiary/aromatic N) is 2. The van der Waals surface area contributed by atoms with Crippen molar-refractivity contribution in [2.45, 2.75) is 26.5 Å². The molecule has 4 rings (SSSR count). The molecule has 1 heterocycles. The maximum absolute atomic E-state index is 13.4. The van der Waals surface area contributed by atoms with E-state index in [1.54, 1.807) is 49.6 Å². The number of likely N-dealkylation sites (N-methyl/N-ethyl adjacent to an activating group) is 1. The van der Waals surface area contributed by atoms with E-state index >= 15 is 0 Å². The summed E-state index contributed by atoms with van der Waals surface area (Å²) in [4.78, 5) is 30.5. The lowest BCUT2D eigenvalue weighted by Gasteiger charge is -2.29. The summed E-state index contributed by atoms with van der Waals surface area (Å²) in [6, 6.07) is 21.0. The van der Waals surface area contributed by atoms with E-state index in [0.717, 1.165) is 18.7 Å². The minimum absolute atomic E-state index is 0.0194. The van der Waals surface area contributed by atoms with Crippen LogP contribution < -0.4 is 14.2 Å². The van der Waals surface area contributed by atoms with Crippen LogP contribution in [0.3, 0.4) is 0 Å². The molecule has 3 aromatic rings. The topological polar surface area (TPSA) is 88.5 Å². The number of aliphatic hydroxyl groups excluding tert-OH is 1. The lowest BCUT2D eigenvalue weighted by molar-refractivity contribution is -0.140. The van der Waals surface area contributed by atoms with Crippen molar-refractivity contribution in [1.82, 2.24) is 9.80 Å². The zero-order valence-electron chi connectivity index (χ0n) is 23.4. The van der Waals surface area contributed by atoms with Gasteiger partial charge in [-0.1, -0.05) is 44.2 Å². The van der Waals surface area contributed by atoms with E-state index in [0.29, 0.717) is 48.1 Å². The number of ketones is 1. The van der Waals surface area contributed by atoms with Gasteiger partial charge >= 0.3 is 0 Å². The predicted molar refractivity (Wildman–Crippen MR) is 154 cm³/mol. The van der Waals surface area contributed by atoms with Crippen LogP contribution in [-0.4, -0.2) is 67.0 Å². The highest BCUT2D eigenvalue weighted by Gasteiger charge is 2.47. The van der Waals surface area contributed by atoms with Gasteiger partial charge in [0.25, 0.3) is 11.7 Å². The summed E-state index contributed by atoms with van der Waals surface area (Å²) < 4.78 is 16.9. The Morgan fingerprint density at radius 1 is 0.900 bits per heavy atom. The van der Waals surface area contributed by atoms with Crippen molar-refractivity contribution in [3.63, 3.8) is 0 Å². The number of hydrogen-bond donors (Lipinski definition) is 1. The number of carbonyl (C=O) groups excluding carboxylic acids is 2. The fourth-order valence-electron chi connectivity index (χ4n) is 4.87. The summed E-state index contributed by atoms with van der Waals surface area (Å²) in [6.45, 7) is 7.04. The van der Waals surface area contributed by atoms with Crippen LogP contribution in [0.2, 0.25) is 0 Å². The predicted octanol–water partition coefficient (Wildman–Crippen LogP) is 5.05. The van der Waals surface area contributed by atoms with Crippen LogP contribution >= 0.6 is 0 Å². The zero-order chi connectivity index (χ0) is 28.6. The number of benzene rings is 3. The van der Waals surface area contributed by atoms with Crippen molar-refractivity contribution in [1.29, 1.82) is 0 Å². The molecular weight excluding hydrogens is 508 g/mol. The smallest absolute Gasteiger partial charge is 0.295 e. The van der Waals surface area contributed by atoms with E-state index in [9.17, 15) is 14.7 Å². The van der Waals surface area contributed by atoms with Gasteiger partial charge in [-0.3, -0.25) is 9.59 Å². The van der Waals surface area contributed by atoms with Crippen molar-refractivity contribution in [2.24, 2.45) is 0 Å². The van der Waals surface area contributed by atoms with Crippen LogP contribution in [0.5, 0.6) is 17.2 Å². The van der Waals surface area contributed by atoms with Gasteiger partial charge in [0.2, 0.25) is 0 Å². The average molecular weight is 545 g/mol. The minimum atomic E-state index is -0.828. The molecule has 8 nitrogen and oxygen atoms in total. The van der Waals surface area contributed by atoms with E-state index in [-0.39, 0.29) is 11.3 Å². The largest absolute Gasteiger partial charge is 0.507 e. The van der Waals surface area contributed by atoms with Crippen molar-refractivity contribution in [2.75, 3.05) is 40.4 Å². The van der Waals surface area contributed by atoms with Crippen LogP contribution in [0, 0.1) is 0 Å². The van der Waals surface area contributed by atoms with Gasteiger partial charge in [0.15, 0.2) is 0 Å². The summed E-state index contributed by atoms with van der Waals surface area (Å²) in [5.41, 5.74) is 2.05. The number of likely N-dealkylation sites (tertiary alicyclic amines) is 1. The second-order valence-electron chi connectivity index (χ2n) is 9.43. The van der Waals surface area contributed by atoms with Crippen LogP contribution in [0.15, 0.2) is 78.4 Å². The van der Waals surface area contributed by atoms with Gasteiger partial charge in [-0.25, -0.2) is 0 Å². The third-order valence-electron chi connectivity index (χ3n) is 7.20. The van der Waals surface area contributed by atoms with Crippen LogP contribution in [-0.2, 0) is 16.2 Å². The second kappa shape index (κ2) is 13.2. The molecule has 210 valence electrons. The van der Waals surface area contributed by atoms with E-state index in [4.69, 9.17) is 14.2 Å². The fraction of sp³-hybridized carbons (Fsp3) is 0.312. The first-order valence-corrected chi connectivity index (χ1v) is 13.4. The number of ether oxygens (including phenoxy) is 3. The summed E-state index contributed by atoms with van der Waals surface area (Å²) in [6.07, 6.45) is 0. The molecule has 3 aromatic carbocycles. The first-order chi connectivity index (χ1) is 19.4.